The topological polar surface area (TPSA) is 95.5 Å². The molecule has 0 saturated heterocycles. The van der Waals surface area contributed by atoms with Crippen LogP contribution in [0.25, 0.3) is 0 Å². The van der Waals surface area contributed by atoms with Crippen molar-refractivity contribution < 1.29 is 18.3 Å². The van der Waals surface area contributed by atoms with Crippen LogP contribution in [0, 0.1) is 0 Å². The molecule has 7 heteroatoms. The molecule has 22 heavy (non-hydrogen) atoms. The lowest BCUT2D eigenvalue weighted by atomic mass is 10.2. The smallest absolute Gasteiger partial charge is 0.335 e. The SMILES string of the molecule is O=C(O)c1ccc(NCCNS(=O)(=O)c2ccccc2)cc1. The average Bonchev–Trinajstić information content (AvgIpc) is 2.53. The third-order valence-corrected chi connectivity index (χ3v) is 4.41. The summed E-state index contributed by atoms with van der Waals surface area (Å²) in [6.07, 6.45) is 0. The van der Waals surface area contributed by atoms with Crippen LogP contribution in [0.3, 0.4) is 0 Å². The highest BCUT2D eigenvalue weighted by atomic mass is 32.2. The van der Waals surface area contributed by atoms with Gasteiger partial charge in [-0.15, -0.1) is 0 Å². The number of carboxylic acid groups (broad SMARTS) is 1. The van der Waals surface area contributed by atoms with Gasteiger partial charge in [0.2, 0.25) is 10.0 Å². The normalized spacial score (nSPS) is 11.1. The number of carboxylic acids is 1. The van der Waals surface area contributed by atoms with E-state index in [-0.39, 0.29) is 17.0 Å². The van der Waals surface area contributed by atoms with E-state index in [2.05, 4.69) is 10.0 Å². The zero-order chi connectivity index (χ0) is 16.0. The number of carbonyl (C=O) groups is 1. The summed E-state index contributed by atoms with van der Waals surface area (Å²) in [6, 6.07) is 14.4. The van der Waals surface area contributed by atoms with Gasteiger partial charge in [0, 0.05) is 18.8 Å². The van der Waals surface area contributed by atoms with Crippen LogP contribution in [0.1, 0.15) is 10.4 Å². The highest BCUT2D eigenvalue weighted by Crippen LogP contribution is 2.09. The first-order chi connectivity index (χ1) is 10.5. The van der Waals surface area contributed by atoms with Gasteiger partial charge in [-0.25, -0.2) is 17.9 Å². The van der Waals surface area contributed by atoms with E-state index in [1.165, 1.54) is 24.3 Å². The molecule has 0 radical (unpaired) electrons. The molecule has 6 nitrogen and oxygen atoms in total. The molecular formula is C15H16N2O4S. The molecule has 2 rings (SSSR count). The van der Waals surface area contributed by atoms with Crippen molar-refractivity contribution in [2.45, 2.75) is 4.90 Å². The second-order valence-electron chi connectivity index (χ2n) is 4.52. The highest BCUT2D eigenvalue weighted by molar-refractivity contribution is 7.89. The Labute approximate surface area is 128 Å². The molecule has 0 spiro atoms. The predicted octanol–water partition coefficient (Wildman–Crippen LogP) is 1.78. The summed E-state index contributed by atoms with van der Waals surface area (Å²) in [5, 5.41) is 11.8. The van der Waals surface area contributed by atoms with Crippen LogP contribution in [0.15, 0.2) is 59.5 Å². The van der Waals surface area contributed by atoms with Gasteiger partial charge in [0.15, 0.2) is 0 Å². The number of rotatable bonds is 7. The summed E-state index contributed by atoms with van der Waals surface area (Å²) >= 11 is 0. The van der Waals surface area contributed by atoms with Crippen LogP contribution in [0.4, 0.5) is 5.69 Å². The van der Waals surface area contributed by atoms with E-state index in [0.717, 1.165) is 5.69 Å². The monoisotopic (exact) mass is 320 g/mol. The Bertz CT molecular complexity index is 728. The number of aromatic carboxylic acids is 1. The molecule has 3 N–H and O–H groups in total. The molecule has 0 aliphatic heterocycles. The maximum atomic E-state index is 12.0. The van der Waals surface area contributed by atoms with E-state index in [4.69, 9.17) is 5.11 Å². The van der Waals surface area contributed by atoms with Gasteiger partial charge in [0.1, 0.15) is 0 Å². The predicted molar refractivity (Wildman–Crippen MR) is 83.5 cm³/mol. The largest absolute Gasteiger partial charge is 0.478 e. The zero-order valence-corrected chi connectivity index (χ0v) is 12.5. The van der Waals surface area contributed by atoms with Crippen LogP contribution < -0.4 is 10.0 Å². The summed E-state index contributed by atoms with van der Waals surface area (Å²) in [4.78, 5) is 10.9. The van der Waals surface area contributed by atoms with Crippen molar-refractivity contribution in [1.82, 2.24) is 4.72 Å². The Kier molecular flexibility index (Phi) is 5.13. The van der Waals surface area contributed by atoms with E-state index in [1.807, 2.05) is 0 Å². The minimum absolute atomic E-state index is 0.204. The highest BCUT2D eigenvalue weighted by Gasteiger charge is 2.11. The first-order valence-electron chi connectivity index (χ1n) is 6.61. The number of benzene rings is 2. The van der Waals surface area contributed by atoms with Gasteiger partial charge in [0.05, 0.1) is 10.5 Å². The molecule has 0 amide bonds. The second-order valence-corrected chi connectivity index (χ2v) is 6.29. The Balaban J connectivity index is 1.83. The molecule has 0 heterocycles. The Morgan fingerprint density at radius 3 is 2.18 bits per heavy atom. The van der Waals surface area contributed by atoms with Crippen LogP contribution in [-0.2, 0) is 10.0 Å². The quantitative estimate of drug-likeness (QED) is 0.676. The first kappa shape index (κ1) is 16.0. The van der Waals surface area contributed by atoms with Crippen molar-refractivity contribution in [3.05, 3.63) is 60.2 Å². The van der Waals surface area contributed by atoms with E-state index < -0.39 is 16.0 Å². The van der Waals surface area contributed by atoms with Gasteiger partial charge in [-0.3, -0.25) is 0 Å². The lowest BCUT2D eigenvalue weighted by Crippen LogP contribution is -2.28. The van der Waals surface area contributed by atoms with E-state index in [0.29, 0.717) is 6.54 Å². The van der Waals surface area contributed by atoms with Gasteiger partial charge in [-0.2, -0.15) is 0 Å². The molecule has 116 valence electrons. The summed E-state index contributed by atoms with van der Waals surface area (Å²) in [7, 11) is -3.50. The minimum atomic E-state index is -3.50. The lowest BCUT2D eigenvalue weighted by molar-refractivity contribution is 0.0697. The minimum Gasteiger partial charge on any atom is -0.478 e. The Morgan fingerprint density at radius 2 is 1.59 bits per heavy atom. The van der Waals surface area contributed by atoms with Crippen molar-refractivity contribution >= 4 is 21.7 Å². The number of hydrogen-bond donors (Lipinski definition) is 3. The van der Waals surface area contributed by atoms with Gasteiger partial charge in [-0.05, 0) is 36.4 Å². The van der Waals surface area contributed by atoms with Crippen LogP contribution in [-0.4, -0.2) is 32.6 Å². The fraction of sp³-hybridized carbons (Fsp3) is 0.133. The summed E-state index contributed by atoms with van der Waals surface area (Å²) < 4.78 is 26.4. The molecular weight excluding hydrogens is 304 g/mol. The molecule has 0 aromatic heterocycles. The van der Waals surface area contributed by atoms with Crippen molar-refractivity contribution in [2.24, 2.45) is 0 Å². The van der Waals surface area contributed by atoms with Crippen molar-refractivity contribution in [2.75, 3.05) is 18.4 Å². The van der Waals surface area contributed by atoms with Gasteiger partial charge in [-0.1, -0.05) is 18.2 Å². The summed E-state index contributed by atoms with van der Waals surface area (Å²) in [5.74, 6) is -0.984. The number of nitrogens with one attached hydrogen (secondary N) is 2. The Morgan fingerprint density at radius 1 is 0.955 bits per heavy atom. The number of anilines is 1. The summed E-state index contributed by atoms with van der Waals surface area (Å²) in [6.45, 7) is 0.608. The third-order valence-electron chi connectivity index (χ3n) is 2.93. The fourth-order valence-electron chi connectivity index (χ4n) is 1.81. The standard InChI is InChI=1S/C15H16N2O4S/c18-15(19)12-6-8-13(9-7-12)16-10-11-17-22(20,21)14-4-2-1-3-5-14/h1-9,16-17H,10-11H2,(H,18,19). The molecule has 0 aliphatic carbocycles. The van der Waals surface area contributed by atoms with E-state index >= 15 is 0 Å². The summed E-state index contributed by atoms with van der Waals surface area (Å²) in [5.41, 5.74) is 0.930. The van der Waals surface area contributed by atoms with Crippen molar-refractivity contribution in [3.63, 3.8) is 0 Å². The average molecular weight is 320 g/mol. The first-order valence-corrected chi connectivity index (χ1v) is 8.09. The molecule has 2 aromatic carbocycles. The second kappa shape index (κ2) is 7.06. The molecule has 0 aliphatic rings. The number of sulfonamides is 1. The number of hydrogen-bond acceptors (Lipinski definition) is 4. The molecule has 0 bridgehead atoms. The molecule has 0 atom stereocenters. The van der Waals surface area contributed by atoms with Gasteiger partial charge >= 0.3 is 5.97 Å². The van der Waals surface area contributed by atoms with Crippen LogP contribution >= 0.6 is 0 Å². The third kappa shape index (κ3) is 4.31. The van der Waals surface area contributed by atoms with Crippen molar-refractivity contribution in [3.8, 4) is 0 Å². The molecule has 0 saturated carbocycles. The van der Waals surface area contributed by atoms with Gasteiger partial charge in [0.25, 0.3) is 0 Å². The fourth-order valence-corrected chi connectivity index (χ4v) is 2.86. The van der Waals surface area contributed by atoms with Gasteiger partial charge < -0.3 is 10.4 Å². The van der Waals surface area contributed by atoms with E-state index in [1.54, 1.807) is 30.3 Å². The van der Waals surface area contributed by atoms with Crippen LogP contribution in [0.2, 0.25) is 0 Å². The van der Waals surface area contributed by atoms with Crippen LogP contribution in [0.5, 0.6) is 0 Å². The zero-order valence-electron chi connectivity index (χ0n) is 11.7. The molecule has 0 unspecified atom stereocenters. The maximum Gasteiger partial charge on any atom is 0.335 e. The molecule has 0 fully saturated rings. The molecule has 2 aromatic rings. The maximum absolute atomic E-state index is 12.0. The van der Waals surface area contributed by atoms with E-state index in [9.17, 15) is 13.2 Å². The lowest BCUT2D eigenvalue weighted by Gasteiger charge is -2.09. The Hall–Kier alpha value is -2.38. The van der Waals surface area contributed by atoms with Crippen molar-refractivity contribution in [1.29, 1.82) is 0 Å².